The molecule has 0 radical (unpaired) electrons. The van der Waals surface area contributed by atoms with E-state index < -0.39 is 5.60 Å². The van der Waals surface area contributed by atoms with Gasteiger partial charge in [-0.15, -0.1) is 0 Å². The van der Waals surface area contributed by atoms with E-state index in [-0.39, 0.29) is 5.92 Å². The molecular formula is C18H24N2O. The number of pyridine rings is 1. The zero-order valence-corrected chi connectivity index (χ0v) is 13.0. The number of rotatable bonds is 6. The first kappa shape index (κ1) is 15.7. The molecule has 2 rings (SSSR count). The Balaban J connectivity index is 1.99. The van der Waals surface area contributed by atoms with Crippen LogP contribution in [0.2, 0.25) is 0 Å². The van der Waals surface area contributed by atoms with Gasteiger partial charge >= 0.3 is 0 Å². The van der Waals surface area contributed by atoms with Crippen LogP contribution in [0.1, 0.15) is 26.3 Å². The third kappa shape index (κ3) is 4.38. The predicted octanol–water partition coefficient (Wildman–Crippen LogP) is 3.25. The molecule has 1 atom stereocenters. The summed E-state index contributed by atoms with van der Waals surface area (Å²) in [7, 11) is 0. The van der Waals surface area contributed by atoms with Crippen molar-refractivity contribution in [1.82, 2.24) is 10.3 Å². The largest absolute Gasteiger partial charge is 0.389 e. The lowest BCUT2D eigenvalue weighted by Gasteiger charge is -2.28. The Bertz CT molecular complexity index is 564. The molecule has 0 fully saturated rings. The predicted molar refractivity (Wildman–Crippen MR) is 86.8 cm³/mol. The van der Waals surface area contributed by atoms with Crippen molar-refractivity contribution < 1.29 is 5.11 Å². The number of nitrogens with one attached hydrogen (secondary N) is 1. The van der Waals surface area contributed by atoms with Gasteiger partial charge in [0.25, 0.3) is 0 Å². The highest BCUT2D eigenvalue weighted by atomic mass is 16.3. The highest BCUT2D eigenvalue weighted by Gasteiger charge is 2.23. The third-order valence-corrected chi connectivity index (χ3v) is 4.00. The highest BCUT2D eigenvalue weighted by molar-refractivity contribution is 5.63. The summed E-state index contributed by atoms with van der Waals surface area (Å²) < 4.78 is 0. The van der Waals surface area contributed by atoms with Crippen LogP contribution in [0.3, 0.4) is 0 Å². The number of aromatic nitrogens is 1. The number of aliphatic hydroxyl groups is 1. The van der Waals surface area contributed by atoms with Gasteiger partial charge in [-0.3, -0.25) is 4.98 Å². The van der Waals surface area contributed by atoms with Crippen molar-refractivity contribution >= 4 is 0 Å². The van der Waals surface area contributed by atoms with Crippen LogP contribution < -0.4 is 5.32 Å². The van der Waals surface area contributed by atoms with Gasteiger partial charge in [-0.1, -0.05) is 32.0 Å². The van der Waals surface area contributed by atoms with E-state index in [0.29, 0.717) is 6.54 Å². The molecule has 3 nitrogen and oxygen atoms in total. The molecule has 0 aliphatic heterocycles. The first-order chi connectivity index (χ1) is 9.99. The summed E-state index contributed by atoms with van der Waals surface area (Å²) in [6.07, 6.45) is 3.61. The van der Waals surface area contributed by atoms with E-state index >= 15 is 0 Å². The molecule has 0 saturated carbocycles. The lowest BCUT2D eigenvalue weighted by molar-refractivity contribution is 0.0140. The van der Waals surface area contributed by atoms with E-state index in [4.69, 9.17) is 0 Å². The maximum atomic E-state index is 10.2. The number of hydrogen-bond donors (Lipinski definition) is 2. The second-order valence-corrected chi connectivity index (χ2v) is 6.05. The van der Waals surface area contributed by atoms with E-state index in [2.05, 4.69) is 34.6 Å². The molecule has 0 bridgehead atoms. The molecule has 1 aromatic carbocycles. The van der Waals surface area contributed by atoms with Crippen molar-refractivity contribution in [2.45, 2.75) is 32.9 Å². The molecule has 1 aromatic heterocycles. The smallest absolute Gasteiger partial charge is 0.0766 e. The Kier molecular flexibility index (Phi) is 5.10. The minimum Gasteiger partial charge on any atom is -0.389 e. The van der Waals surface area contributed by atoms with Gasteiger partial charge in [-0.05, 0) is 47.7 Å². The van der Waals surface area contributed by atoms with Crippen LogP contribution in [0.4, 0.5) is 0 Å². The van der Waals surface area contributed by atoms with Gasteiger partial charge in [0.05, 0.1) is 5.60 Å². The molecule has 1 heterocycles. The molecular weight excluding hydrogens is 260 g/mol. The molecule has 0 saturated heterocycles. The van der Waals surface area contributed by atoms with Crippen molar-refractivity contribution in [1.29, 1.82) is 0 Å². The molecule has 3 heteroatoms. The fourth-order valence-electron chi connectivity index (χ4n) is 2.07. The van der Waals surface area contributed by atoms with Crippen LogP contribution >= 0.6 is 0 Å². The van der Waals surface area contributed by atoms with Gasteiger partial charge in [-0.2, -0.15) is 0 Å². The lowest BCUT2D eigenvalue weighted by Crippen LogP contribution is -2.41. The summed E-state index contributed by atoms with van der Waals surface area (Å²) in [4.78, 5) is 4.05. The van der Waals surface area contributed by atoms with Gasteiger partial charge in [0.15, 0.2) is 0 Å². The molecule has 21 heavy (non-hydrogen) atoms. The Labute approximate surface area is 127 Å². The summed E-state index contributed by atoms with van der Waals surface area (Å²) in [6.45, 7) is 7.28. The summed E-state index contributed by atoms with van der Waals surface area (Å²) in [6, 6.07) is 12.5. The Hall–Kier alpha value is -1.71. The Morgan fingerprint density at radius 3 is 2.52 bits per heavy atom. The van der Waals surface area contributed by atoms with Crippen LogP contribution in [-0.2, 0) is 6.54 Å². The molecule has 0 aliphatic rings. The second kappa shape index (κ2) is 6.83. The molecule has 1 unspecified atom stereocenters. The van der Waals surface area contributed by atoms with Crippen molar-refractivity contribution in [2.24, 2.45) is 5.92 Å². The summed E-state index contributed by atoms with van der Waals surface area (Å²) in [5, 5.41) is 13.6. The van der Waals surface area contributed by atoms with Gasteiger partial charge in [-0.25, -0.2) is 0 Å². The number of hydrogen-bond acceptors (Lipinski definition) is 3. The standard InChI is InChI=1S/C18H24N2O/c1-14(2)18(3,21)13-20-12-15-5-4-6-17(11-15)16-7-9-19-10-8-16/h4-11,14,20-21H,12-13H2,1-3H3. The molecule has 2 aromatic rings. The molecule has 0 amide bonds. The van der Waals surface area contributed by atoms with Crippen molar-refractivity contribution in [3.05, 3.63) is 54.4 Å². The Morgan fingerprint density at radius 2 is 1.86 bits per heavy atom. The second-order valence-electron chi connectivity index (χ2n) is 6.05. The molecule has 2 N–H and O–H groups in total. The van der Waals surface area contributed by atoms with E-state index in [1.807, 2.05) is 32.9 Å². The van der Waals surface area contributed by atoms with E-state index in [1.54, 1.807) is 12.4 Å². The maximum Gasteiger partial charge on any atom is 0.0766 e. The lowest BCUT2D eigenvalue weighted by atomic mass is 9.92. The summed E-state index contributed by atoms with van der Waals surface area (Å²) in [5.41, 5.74) is 2.89. The van der Waals surface area contributed by atoms with E-state index in [9.17, 15) is 5.11 Å². The van der Waals surface area contributed by atoms with Crippen LogP contribution in [0.5, 0.6) is 0 Å². The fraction of sp³-hybridized carbons (Fsp3) is 0.389. The first-order valence-corrected chi connectivity index (χ1v) is 7.41. The van der Waals surface area contributed by atoms with E-state index in [0.717, 1.165) is 6.54 Å². The maximum absolute atomic E-state index is 10.2. The average molecular weight is 284 g/mol. The highest BCUT2D eigenvalue weighted by Crippen LogP contribution is 2.20. The minimum absolute atomic E-state index is 0.230. The third-order valence-electron chi connectivity index (χ3n) is 4.00. The zero-order valence-electron chi connectivity index (χ0n) is 13.0. The van der Waals surface area contributed by atoms with Crippen molar-refractivity contribution in [2.75, 3.05) is 6.54 Å². The quantitative estimate of drug-likeness (QED) is 0.856. The SMILES string of the molecule is CC(C)C(C)(O)CNCc1cccc(-c2ccncc2)c1. The van der Waals surface area contributed by atoms with Crippen LogP contribution in [0.15, 0.2) is 48.8 Å². The molecule has 0 spiro atoms. The first-order valence-electron chi connectivity index (χ1n) is 7.41. The molecule has 0 aliphatic carbocycles. The average Bonchev–Trinajstić information content (AvgIpc) is 2.48. The van der Waals surface area contributed by atoms with Gasteiger partial charge in [0.1, 0.15) is 0 Å². The van der Waals surface area contributed by atoms with Crippen LogP contribution in [0, 0.1) is 5.92 Å². The number of nitrogens with zero attached hydrogens (tertiary/aromatic N) is 1. The normalized spacial score (nSPS) is 14.1. The van der Waals surface area contributed by atoms with Crippen LogP contribution in [0.25, 0.3) is 11.1 Å². The van der Waals surface area contributed by atoms with Gasteiger partial charge in [0, 0.05) is 25.5 Å². The monoisotopic (exact) mass is 284 g/mol. The minimum atomic E-state index is -0.678. The zero-order chi connectivity index (χ0) is 15.3. The van der Waals surface area contributed by atoms with Crippen molar-refractivity contribution in [3.8, 4) is 11.1 Å². The fourth-order valence-corrected chi connectivity index (χ4v) is 2.07. The van der Waals surface area contributed by atoms with Crippen LogP contribution in [-0.4, -0.2) is 22.2 Å². The Morgan fingerprint density at radius 1 is 1.14 bits per heavy atom. The number of benzene rings is 1. The van der Waals surface area contributed by atoms with E-state index in [1.165, 1.54) is 16.7 Å². The summed E-state index contributed by atoms with van der Waals surface area (Å²) in [5.74, 6) is 0.230. The topological polar surface area (TPSA) is 45.1 Å². The van der Waals surface area contributed by atoms with Crippen molar-refractivity contribution in [3.63, 3.8) is 0 Å². The van der Waals surface area contributed by atoms with Gasteiger partial charge < -0.3 is 10.4 Å². The summed E-state index contributed by atoms with van der Waals surface area (Å²) >= 11 is 0. The molecule has 112 valence electrons. The van der Waals surface area contributed by atoms with Gasteiger partial charge in [0.2, 0.25) is 0 Å².